The molecular formula is C35H39F3. The van der Waals surface area contributed by atoms with Crippen molar-refractivity contribution in [3.63, 3.8) is 0 Å². The third-order valence-electron chi connectivity index (χ3n) is 9.09. The van der Waals surface area contributed by atoms with Crippen molar-refractivity contribution in [3.8, 4) is 22.3 Å². The SMILES string of the molecule is CCCC1CCC(C2CC=C(c3ccc(-c4ccc(-c5ccc(CC)c(F)c5F)cc4)cc3F)CC2)CC1. The smallest absolute Gasteiger partial charge is 0.166 e. The second-order valence-electron chi connectivity index (χ2n) is 11.4. The van der Waals surface area contributed by atoms with Gasteiger partial charge in [-0.3, -0.25) is 0 Å². The van der Waals surface area contributed by atoms with Crippen LogP contribution >= 0.6 is 0 Å². The molecule has 2 aliphatic carbocycles. The molecule has 1 fully saturated rings. The highest BCUT2D eigenvalue weighted by atomic mass is 19.2. The third kappa shape index (κ3) is 5.63. The quantitative estimate of drug-likeness (QED) is 0.293. The molecule has 1 unspecified atom stereocenters. The summed E-state index contributed by atoms with van der Waals surface area (Å²) in [5.41, 5.74) is 4.69. The van der Waals surface area contributed by atoms with Gasteiger partial charge in [-0.15, -0.1) is 0 Å². The Morgan fingerprint density at radius 3 is 2.00 bits per heavy atom. The van der Waals surface area contributed by atoms with E-state index in [9.17, 15) is 8.78 Å². The van der Waals surface area contributed by atoms with E-state index in [1.54, 1.807) is 37.3 Å². The highest BCUT2D eigenvalue weighted by molar-refractivity contribution is 5.74. The standard InChI is InChI=1S/C35H39F3/c1-3-5-23-6-8-25(9-7-23)26-10-14-28(15-11-26)31-20-19-30(22-33(31)36)27-12-16-29(17-13-27)32-21-18-24(4-2)34(37)35(32)38/h12-14,16-23,25-26H,3-11,15H2,1-2H3. The van der Waals surface area contributed by atoms with Gasteiger partial charge in [0.1, 0.15) is 5.82 Å². The molecule has 200 valence electrons. The summed E-state index contributed by atoms with van der Waals surface area (Å²) in [5.74, 6) is 0.726. The number of halogens is 3. The number of hydrogen-bond acceptors (Lipinski definition) is 0. The number of aryl methyl sites for hydroxylation is 1. The van der Waals surface area contributed by atoms with E-state index in [0.29, 0.717) is 23.1 Å². The summed E-state index contributed by atoms with van der Waals surface area (Å²) in [6.45, 7) is 4.10. The van der Waals surface area contributed by atoms with E-state index in [2.05, 4.69) is 13.0 Å². The van der Waals surface area contributed by atoms with E-state index < -0.39 is 11.6 Å². The highest BCUT2D eigenvalue weighted by Crippen LogP contribution is 2.42. The Bertz CT molecular complexity index is 1280. The van der Waals surface area contributed by atoms with Crippen LogP contribution in [0.25, 0.3) is 27.8 Å². The van der Waals surface area contributed by atoms with Gasteiger partial charge in [0.25, 0.3) is 0 Å². The lowest BCUT2D eigenvalue weighted by Gasteiger charge is -2.35. The predicted octanol–water partition coefficient (Wildman–Crippen LogP) is 10.8. The largest absolute Gasteiger partial charge is 0.206 e. The van der Waals surface area contributed by atoms with Crippen LogP contribution in [0.1, 0.15) is 82.8 Å². The van der Waals surface area contributed by atoms with Crippen LogP contribution in [0.5, 0.6) is 0 Å². The van der Waals surface area contributed by atoms with Gasteiger partial charge in [0.15, 0.2) is 11.6 Å². The first-order chi connectivity index (χ1) is 18.5. The molecule has 2 aliphatic rings. The van der Waals surface area contributed by atoms with E-state index in [-0.39, 0.29) is 11.4 Å². The van der Waals surface area contributed by atoms with E-state index in [1.165, 1.54) is 38.5 Å². The summed E-state index contributed by atoms with van der Waals surface area (Å²) in [6.07, 6.45) is 14.1. The molecule has 1 saturated carbocycles. The van der Waals surface area contributed by atoms with Gasteiger partial charge in [-0.2, -0.15) is 0 Å². The maximum absolute atomic E-state index is 15.3. The molecule has 3 aromatic carbocycles. The minimum atomic E-state index is -0.820. The van der Waals surface area contributed by atoms with Gasteiger partial charge < -0.3 is 0 Å². The molecule has 38 heavy (non-hydrogen) atoms. The minimum absolute atomic E-state index is 0.195. The molecule has 0 heterocycles. The maximum atomic E-state index is 15.3. The summed E-state index contributed by atoms with van der Waals surface area (Å²) in [7, 11) is 0. The molecule has 3 aromatic rings. The number of benzene rings is 3. The van der Waals surface area contributed by atoms with Crippen LogP contribution in [0.3, 0.4) is 0 Å². The molecule has 1 atom stereocenters. The summed E-state index contributed by atoms with van der Waals surface area (Å²) in [6, 6.07) is 15.9. The van der Waals surface area contributed by atoms with Crippen molar-refractivity contribution in [1.82, 2.24) is 0 Å². The van der Waals surface area contributed by atoms with Gasteiger partial charge >= 0.3 is 0 Å². The van der Waals surface area contributed by atoms with Crippen LogP contribution in [-0.2, 0) is 6.42 Å². The zero-order valence-electron chi connectivity index (χ0n) is 22.7. The fourth-order valence-corrected chi connectivity index (χ4v) is 6.77. The molecule has 3 heteroatoms. The van der Waals surface area contributed by atoms with Crippen molar-refractivity contribution in [2.75, 3.05) is 0 Å². The van der Waals surface area contributed by atoms with Crippen LogP contribution in [-0.4, -0.2) is 0 Å². The van der Waals surface area contributed by atoms with Gasteiger partial charge in [-0.05, 0) is 90.2 Å². The van der Waals surface area contributed by atoms with Gasteiger partial charge in [0, 0.05) is 11.1 Å². The zero-order valence-corrected chi connectivity index (χ0v) is 22.7. The first-order valence-corrected chi connectivity index (χ1v) is 14.5. The van der Waals surface area contributed by atoms with E-state index in [1.807, 2.05) is 24.3 Å². The topological polar surface area (TPSA) is 0 Å². The first-order valence-electron chi connectivity index (χ1n) is 14.5. The fraction of sp³-hybridized carbons (Fsp3) is 0.429. The lowest BCUT2D eigenvalue weighted by Crippen LogP contribution is -2.23. The Balaban J connectivity index is 1.26. The lowest BCUT2D eigenvalue weighted by molar-refractivity contribution is 0.189. The van der Waals surface area contributed by atoms with Gasteiger partial charge in [0.05, 0.1) is 0 Å². The summed E-state index contributed by atoms with van der Waals surface area (Å²) in [4.78, 5) is 0. The van der Waals surface area contributed by atoms with Gasteiger partial charge in [0.2, 0.25) is 0 Å². The summed E-state index contributed by atoms with van der Waals surface area (Å²) >= 11 is 0. The maximum Gasteiger partial charge on any atom is 0.166 e. The Morgan fingerprint density at radius 2 is 1.37 bits per heavy atom. The molecule has 0 aliphatic heterocycles. The van der Waals surface area contributed by atoms with Crippen molar-refractivity contribution in [2.24, 2.45) is 17.8 Å². The number of hydrogen-bond donors (Lipinski definition) is 0. The van der Waals surface area contributed by atoms with Crippen LogP contribution < -0.4 is 0 Å². The van der Waals surface area contributed by atoms with Crippen LogP contribution in [0.2, 0.25) is 0 Å². The second-order valence-corrected chi connectivity index (χ2v) is 11.4. The molecular weight excluding hydrogens is 477 g/mol. The Hall–Kier alpha value is -2.81. The van der Waals surface area contributed by atoms with E-state index >= 15 is 4.39 Å². The molecule has 0 bridgehead atoms. The van der Waals surface area contributed by atoms with Crippen molar-refractivity contribution >= 4 is 5.57 Å². The van der Waals surface area contributed by atoms with Crippen LogP contribution in [0.4, 0.5) is 13.2 Å². The number of rotatable bonds is 7. The predicted molar refractivity (Wildman–Crippen MR) is 152 cm³/mol. The molecule has 5 rings (SSSR count). The fourth-order valence-electron chi connectivity index (χ4n) is 6.77. The average molecular weight is 517 g/mol. The Kier molecular flexibility index (Phi) is 8.41. The van der Waals surface area contributed by atoms with Crippen molar-refractivity contribution < 1.29 is 13.2 Å². The first kappa shape index (κ1) is 26.8. The number of allylic oxidation sites excluding steroid dienone is 2. The van der Waals surface area contributed by atoms with E-state index in [0.717, 1.165) is 53.7 Å². The highest BCUT2D eigenvalue weighted by Gasteiger charge is 2.29. The molecule has 0 nitrogen and oxygen atoms in total. The Labute approximate surface area is 226 Å². The minimum Gasteiger partial charge on any atom is -0.206 e. The molecule has 0 saturated heterocycles. The molecule has 0 aromatic heterocycles. The van der Waals surface area contributed by atoms with E-state index in [4.69, 9.17) is 0 Å². The lowest BCUT2D eigenvalue weighted by atomic mass is 9.70. The van der Waals surface area contributed by atoms with Crippen molar-refractivity contribution in [3.05, 3.63) is 89.3 Å². The van der Waals surface area contributed by atoms with Crippen LogP contribution in [0, 0.1) is 35.2 Å². The van der Waals surface area contributed by atoms with Crippen LogP contribution in [0.15, 0.2) is 60.7 Å². The molecule has 0 amide bonds. The summed E-state index contributed by atoms with van der Waals surface area (Å²) < 4.78 is 44.1. The van der Waals surface area contributed by atoms with Crippen molar-refractivity contribution in [1.29, 1.82) is 0 Å². The van der Waals surface area contributed by atoms with Crippen molar-refractivity contribution in [2.45, 2.75) is 78.1 Å². The second kappa shape index (κ2) is 11.9. The Morgan fingerprint density at radius 1 is 0.684 bits per heavy atom. The van der Waals surface area contributed by atoms with Gasteiger partial charge in [-0.25, -0.2) is 13.2 Å². The molecule has 0 spiro atoms. The zero-order chi connectivity index (χ0) is 26.6. The third-order valence-corrected chi connectivity index (χ3v) is 9.09. The monoisotopic (exact) mass is 516 g/mol. The normalized spacial score (nSPS) is 21.8. The average Bonchev–Trinajstić information content (AvgIpc) is 2.95. The molecule has 0 N–H and O–H groups in total. The van der Waals surface area contributed by atoms with Gasteiger partial charge in [-0.1, -0.05) is 94.1 Å². The molecule has 0 radical (unpaired) electrons. The summed E-state index contributed by atoms with van der Waals surface area (Å²) in [5, 5.41) is 0.